The quantitative estimate of drug-likeness (QED) is 0.561. The molecule has 3 aromatic rings. The molecule has 0 aliphatic rings. The first kappa shape index (κ1) is 15.5. The van der Waals surface area contributed by atoms with Crippen LogP contribution in [0, 0.1) is 0 Å². The maximum absolute atomic E-state index is 5.62. The summed E-state index contributed by atoms with van der Waals surface area (Å²) in [6.45, 7) is 0. The molecule has 24 heavy (non-hydrogen) atoms. The molecule has 122 valence electrons. The van der Waals surface area contributed by atoms with Crippen LogP contribution in [0.5, 0.6) is 0 Å². The van der Waals surface area contributed by atoms with Gasteiger partial charge in [-0.2, -0.15) is 0 Å². The Kier molecular flexibility index (Phi) is 4.37. The Morgan fingerprint density at radius 3 is 2.62 bits per heavy atom. The Bertz CT molecular complexity index is 873. The van der Waals surface area contributed by atoms with Crippen LogP contribution in [0.3, 0.4) is 0 Å². The number of nitrogens with zero attached hydrogens (tertiary/aromatic N) is 4. The summed E-state index contributed by atoms with van der Waals surface area (Å²) in [6, 6.07) is 7.53. The van der Waals surface area contributed by atoms with Gasteiger partial charge in [-0.3, -0.25) is 0 Å². The van der Waals surface area contributed by atoms with E-state index in [1.165, 1.54) is 12.5 Å². The monoisotopic (exact) mass is 322 g/mol. The third-order valence-corrected chi connectivity index (χ3v) is 3.48. The zero-order chi connectivity index (χ0) is 16.9. The molecule has 8 nitrogen and oxygen atoms in total. The standard InChI is InChI=1S/C16H18N8/c1-18-13(7-17)11-4-5-12-15(24-11)16(22-9-21-12)23-10-3-6-14(19-2)20-8-10/h3-9,18H,17H2,1-2H3,(H,19,20)(H,21,22,23)/b13-7-. The Morgan fingerprint density at radius 1 is 1.08 bits per heavy atom. The van der Waals surface area contributed by atoms with Gasteiger partial charge < -0.3 is 21.7 Å². The molecule has 3 rings (SSSR count). The van der Waals surface area contributed by atoms with Crippen LogP contribution in [0.4, 0.5) is 17.3 Å². The van der Waals surface area contributed by atoms with Crippen molar-refractivity contribution in [2.75, 3.05) is 24.7 Å². The molecule has 0 radical (unpaired) electrons. The lowest BCUT2D eigenvalue weighted by atomic mass is 10.2. The fourth-order valence-corrected chi connectivity index (χ4v) is 2.23. The fourth-order valence-electron chi connectivity index (χ4n) is 2.23. The van der Waals surface area contributed by atoms with E-state index in [-0.39, 0.29) is 0 Å². The maximum Gasteiger partial charge on any atom is 0.160 e. The van der Waals surface area contributed by atoms with E-state index < -0.39 is 0 Å². The van der Waals surface area contributed by atoms with Crippen molar-refractivity contribution in [1.82, 2.24) is 25.3 Å². The molecule has 0 spiro atoms. The molecule has 0 bridgehead atoms. The zero-order valence-electron chi connectivity index (χ0n) is 13.4. The second-order valence-electron chi connectivity index (χ2n) is 4.92. The van der Waals surface area contributed by atoms with Crippen LogP contribution in [0.25, 0.3) is 16.7 Å². The molecule has 0 saturated heterocycles. The average Bonchev–Trinajstić information content (AvgIpc) is 2.64. The number of pyridine rings is 2. The van der Waals surface area contributed by atoms with Gasteiger partial charge in [0.2, 0.25) is 0 Å². The normalized spacial score (nSPS) is 11.3. The van der Waals surface area contributed by atoms with E-state index in [1.807, 2.05) is 31.3 Å². The minimum atomic E-state index is 0.605. The SMILES string of the molecule is CN/C(=C\N)c1ccc2ncnc(Nc3ccc(NC)nc3)c2n1. The van der Waals surface area contributed by atoms with Gasteiger partial charge in [-0.05, 0) is 24.3 Å². The van der Waals surface area contributed by atoms with Crippen molar-refractivity contribution >= 4 is 34.1 Å². The van der Waals surface area contributed by atoms with Gasteiger partial charge in [0.1, 0.15) is 17.7 Å². The van der Waals surface area contributed by atoms with Crippen molar-refractivity contribution in [3.8, 4) is 0 Å². The first-order valence-corrected chi connectivity index (χ1v) is 7.37. The van der Waals surface area contributed by atoms with E-state index in [4.69, 9.17) is 5.73 Å². The number of nitrogens with two attached hydrogens (primary N) is 1. The minimum Gasteiger partial charge on any atom is -0.403 e. The van der Waals surface area contributed by atoms with Gasteiger partial charge in [0.15, 0.2) is 5.82 Å². The van der Waals surface area contributed by atoms with E-state index in [9.17, 15) is 0 Å². The number of aromatic nitrogens is 4. The molecule has 0 aliphatic heterocycles. The van der Waals surface area contributed by atoms with Crippen LogP contribution in [0.1, 0.15) is 5.69 Å². The summed E-state index contributed by atoms with van der Waals surface area (Å²) in [7, 11) is 3.61. The van der Waals surface area contributed by atoms with Crippen molar-refractivity contribution in [1.29, 1.82) is 0 Å². The van der Waals surface area contributed by atoms with Gasteiger partial charge >= 0.3 is 0 Å². The second kappa shape index (κ2) is 6.78. The molecule has 3 heterocycles. The van der Waals surface area contributed by atoms with Crippen molar-refractivity contribution in [3.05, 3.63) is 48.7 Å². The number of fused-ring (bicyclic) bond motifs is 1. The highest BCUT2D eigenvalue weighted by Gasteiger charge is 2.09. The lowest BCUT2D eigenvalue weighted by molar-refractivity contribution is 1.09. The Hall–Kier alpha value is -3.42. The summed E-state index contributed by atoms with van der Waals surface area (Å²) in [6.07, 6.45) is 4.70. The molecular formula is C16H18N8. The van der Waals surface area contributed by atoms with Crippen molar-refractivity contribution in [2.45, 2.75) is 0 Å². The summed E-state index contributed by atoms with van der Waals surface area (Å²) < 4.78 is 0. The van der Waals surface area contributed by atoms with E-state index in [0.29, 0.717) is 17.0 Å². The van der Waals surface area contributed by atoms with Crippen LogP contribution in [-0.2, 0) is 0 Å². The summed E-state index contributed by atoms with van der Waals surface area (Å²) >= 11 is 0. The molecule has 0 saturated carbocycles. The molecule has 8 heteroatoms. The summed E-state index contributed by atoms with van der Waals surface area (Å²) in [5, 5.41) is 9.21. The highest BCUT2D eigenvalue weighted by atomic mass is 15.1. The van der Waals surface area contributed by atoms with Gasteiger partial charge in [0.25, 0.3) is 0 Å². The fraction of sp³-hybridized carbons (Fsp3) is 0.125. The molecule has 0 amide bonds. The predicted molar refractivity (Wildman–Crippen MR) is 95.6 cm³/mol. The highest BCUT2D eigenvalue weighted by Crippen LogP contribution is 2.23. The van der Waals surface area contributed by atoms with Gasteiger partial charge in [-0.25, -0.2) is 19.9 Å². The minimum absolute atomic E-state index is 0.605. The Labute approximate surface area is 139 Å². The molecule has 3 aromatic heterocycles. The number of hydrogen-bond acceptors (Lipinski definition) is 8. The molecule has 0 aliphatic carbocycles. The number of nitrogens with one attached hydrogen (secondary N) is 3. The second-order valence-corrected chi connectivity index (χ2v) is 4.92. The van der Waals surface area contributed by atoms with E-state index in [0.717, 1.165) is 22.7 Å². The maximum atomic E-state index is 5.62. The van der Waals surface area contributed by atoms with Crippen molar-refractivity contribution < 1.29 is 0 Å². The van der Waals surface area contributed by atoms with Gasteiger partial charge in [-0.15, -0.1) is 0 Å². The van der Waals surface area contributed by atoms with Crippen LogP contribution in [0.2, 0.25) is 0 Å². The first-order chi connectivity index (χ1) is 11.7. The van der Waals surface area contributed by atoms with Crippen molar-refractivity contribution in [2.24, 2.45) is 5.73 Å². The zero-order valence-corrected chi connectivity index (χ0v) is 13.4. The van der Waals surface area contributed by atoms with Gasteiger partial charge in [0, 0.05) is 20.3 Å². The lowest BCUT2D eigenvalue weighted by Crippen LogP contribution is -2.09. The number of rotatable bonds is 5. The summed E-state index contributed by atoms with van der Waals surface area (Å²) in [4.78, 5) is 17.4. The van der Waals surface area contributed by atoms with E-state index >= 15 is 0 Å². The molecular weight excluding hydrogens is 304 g/mol. The molecule has 5 N–H and O–H groups in total. The van der Waals surface area contributed by atoms with Gasteiger partial charge in [-0.1, -0.05) is 0 Å². The van der Waals surface area contributed by atoms with Gasteiger partial charge in [0.05, 0.1) is 28.8 Å². The van der Waals surface area contributed by atoms with Crippen LogP contribution in [-0.4, -0.2) is 34.0 Å². The molecule has 0 fully saturated rings. The number of anilines is 3. The lowest BCUT2D eigenvalue weighted by Gasteiger charge is -2.10. The van der Waals surface area contributed by atoms with Crippen LogP contribution < -0.4 is 21.7 Å². The smallest absolute Gasteiger partial charge is 0.160 e. The topological polar surface area (TPSA) is 114 Å². The highest BCUT2D eigenvalue weighted by molar-refractivity contribution is 5.88. The number of hydrogen-bond donors (Lipinski definition) is 4. The Morgan fingerprint density at radius 2 is 1.96 bits per heavy atom. The molecule has 0 atom stereocenters. The first-order valence-electron chi connectivity index (χ1n) is 7.37. The third kappa shape index (κ3) is 3.02. The Balaban J connectivity index is 2.01. The molecule has 0 unspecified atom stereocenters. The third-order valence-electron chi connectivity index (χ3n) is 3.48. The summed E-state index contributed by atoms with van der Waals surface area (Å²) in [5.41, 5.74) is 9.27. The predicted octanol–water partition coefficient (Wildman–Crippen LogP) is 1.68. The van der Waals surface area contributed by atoms with Crippen LogP contribution in [0.15, 0.2) is 43.0 Å². The molecule has 0 aromatic carbocycles. The largest absolute Gasteiger partial charge is 0.403 e. The van der Waals surface area contributed by atoms with Crippen molar-refractivity contribution in [3.63, 3.8) is 0 Å². The average molecular weight is 322 g/mol. The van der Waals surface area contributed by atoms with E-state index in [2.05, 4.69) is 35.9 Å². The summed E-state index contributed by atoms with van der Waals surface area (Å²) in [5.74, 6) is 1.40. The van der Waals surface area contributed by atoms with E-state index in [1.54, 1.807) is 13.2 Å². The van der Waals surface area contributed by atoms with Crippen LogP contribution >= 0.6 is 0 Å².